The molecule has 0 fully saturated rings. The van der Waals surface area contributed by atoms with Crippen LogP contribution in [0.2, 0.25) is 0 Å². The van der Waals surface area contributed by atoms with E-state index in [4.69, 9.17) is 15.7 Å². The van der Waals surface area contributed by atoms with Crippen molar-refractivity contribution < 1.29 is 9.94 Å². The van der Waals surface area contributed by atoms with Crippen molar-refractivity contribution in [1.29, 1.82) is 0 Å². The lowest BCUT2D eigenvalue weighted by atomic mass is 10.2. The van der Waals surface area contributed by atoms with Crippen molar-refractivity contribution in [3.05, 3.63) is 58.1 Å². The van der Waals surface area contributed by atoms with Gasteiger partial charge >= 0.3 is 0 Å². The van der Waals surface area contributed by atoms with E-state index in [1.165, 1.54) is 11.8 Å². The number of halogens is 1. The summed E-state index contributed by atoms with van der Waals surface area (Å²) >= 11 is 4.95. The van der Waals surface area contributed by atoms with Crippen LogP contribution in [0, 0.1) is 0 Å². The van der Waals surface area contributed by atoms with Gasteiger partial charge in [0.1, 0.15) is 12.4 Å². The molecule has 0 atom stereocenters. The first-order valence-electron chi connectivity index (χ1n) is 6.18. The minimum Gasteiger partial charge on any atom is -0.488 e. The van der Waals surface area contributed by atoms with Gasteiger partial charge in [0.15, 0.2) is 5.84 Å². The third-order valence-electron chi connectivity index (χ3n) is 2.86. The Morgan fingerprint density at radius 2 is 2.10 bits per heavy atom. The highest BCUT2D eigenvalue weighted by Gasteiger charge is 2.13. The van der Waals surface area contributed by atoms with E-state index in [1.54, 1.807) is 0 Å². The molecule has 0 aliphatic rings. The maximum atomic E-state index is 8.95. The summed E-state index contributed by atoms with van der Waals surface area (Å²) in [6.07, 6.45) is 1.93. The van der Waals surface area contributed by atoms with Crippen molar-refractivity contribution in [2.24, 2.45) is 10.9 Å². The Bertz CT molecular complexity index is 662. The molecule has 0 heterocycles. The molecule has 110 valence electrons. The molecule has 0 aliphatic heterocycles. The molecule has 0 aromatic heterocycles. The van der Waals surface area contributed by atoms with E-state index in [-0.39, 0.29) is 5.84 Å². The van der Waals surface area contributed by atoms with E-state index >= 15 is 0 Å². The molecule has 21 heavy (non-hydrogen) atoms. The van der Waals surface area contributed by atoms with Gasteiger partial charge in [0, 0.05) is 9.37 Å². The zero-order valence-corrected chi connectivity index (χ0v) is 13.8. The molecule has 2 rings (SSSR count). The summed E-state index contributed by atoms with van der Waals surface area (Å²) in [5, 5.41) is 12.0. The van der Waals surface area contributed by atoms with E-state index in [9.17, 15) is 0 Å². The van der Waals surface area contributed by atoms with Crippen LogP contribution < -0.4 is 10.5 Å². The molecule has 0 saturated heterocycles. The largest absolute Gasteiger partial charge is 0.488 e. The standard InChI is InChI=1S/C15H15BrN2O2S/c1-21-13-7-3-6-12(14(13)15(17)18-19)20-9-10-4-2-5-11(16)8-10/h2-8,19H,9H2,1H3,(H2,17,18). The van der Waals surface area contributed by atoms with Crippen LogP contribution in [0.1, 0.15) is 11.1 Å². The number of benzene rings is 2. The summed E-state index contributed by atoms with van der Waals surface area (Å²) in [4.78, 5) is 0.900. The summed E-state index contributed by atoms with van der Waals surface area (Å²) in [6.45, 7) is 0.406. The molecular formula is C15H15BrN2O2S. The van der Waals surface area contributed by atoms with Gasteiger partial charge in [-0.25, -0.2) is 0 Å². The maximum Gasteiger partial charge on any atom is 0.174 e. The molecule has 0 saturated carbocycles. The lowest BCUT2D eigenvalue weighted by Gasteiger charge is -2.13. The number of ether oxygens (including phenoxy) is 1. The fourth-order valence-corrected chi connectivity index (χ4v) is 2.96. The Labute approximate surface area is 136 Å². The molecule has 0 spiro atoms. The number of amidine groups is 1. The normalized spacial score (nSPS) is 11.4. The van der Waals surface area contributed by atoms with Crippen LogP contribution in [0.5, 0.6) is 5.75 Å². The first-order chi connectivity index (χ1) is 10.2. The zero-order chi connectivity index (χ0) is 15.2. The van der Waals surface area contributed by atoms with Crippen LogP contribution in [-0.4, -0.2) is 17.3 Å². The predicted octanol–water partition coefficient (Wildman–Crippen LogP) is 3.84. The van der Waals surface area contributed by atoms with Crippen molar-refractivity contribution >= 4 is 33.5 Å². The monoisotopic (exact) mass is 366 g/mol. The molecule has 2 aromatic carbocycles. The molecule has 3 N–H and O–H groups in total. The second-order valence-electron chi connectivity index (χ2n) is 4.24. The third-order valence-corrected chi connectivity index (χ3v) is 4.13. The number of hydrogen-bond acceptors (Lipinski definition) is 4. The van der Waals surface area contributed by atoms with Gasteiger partial charge in [-0.2, -0.15) is 0 Å². The Morgan fingerprint density at radius 3 is 2.76 bits per heavy atom. The van der Waals surface area contributed by atoms with Crippen molar-refractivity contribution in [3.63, 3.8) is 0 Å². The second-order valence-corrected chi connectivity index (χ2v) is 6.00. The van der Waals surface area contributed by atoms with Crippen molar-refractivity contribution in [2.45, 2.75) is 11.5 Å². The highest BCUT2D eigenvalue weighted by atomic mass is 79.9. The van der Waals surface area contributed by atoms with Gasteiger partial charge in [0.2, 0.25) is 0 Å². The van der Waals surface area contributed by atoms with Crippen molar-refractivity contribution in [2.75, 3.05) is 6.26 Å². The molecule has 0 aliphatic carbocycles. The molecule has 0 bridgehead atoms. The molecule has 6 heteroatoms. The Balaban J connectivity index is 2.27. The van der Waals surface area contributed by atoms with E-state index in [0.717, 1.165) is 14.9 Å². The lowest BCUT2D eigenvalue weighted by Crippen LogP contribution is -2.16. The molecule has 4 nitrogen and oxygen atoms in total. The van der Waals surface area contributed by atoms with Crippen LogP contribution >= 0.6 is 27.7 Å². The lowest BCUT2D eigenvalue weighted by molar-refractivity contribution is 0.302. The summed E-state index contributed by atoms with van der Waals surface area (Å²) in [6, 6.07) is 13.5. The van der Waals surface area contributed by atoms with Gasteiger partial charge < -0.3 is 15.7 Å². The fourth-order valence-electron chi connectivity index (χ4n) is 1.89. The Morgan fingerprint density at radius 1 is 1.33 bits per heavy atom. The average molecular weight is 367 g/mol. The van der Waals surface area contributed by atoms with Crippen molar-refractivity contribution in [1.82, 2.24) is 0 Å². The highest BCUT2D eigenvalue weighted by molar-refractivity contribution is 9.10. The van der Waals surface area contributed by atoms with E-state index in [0.29, 0.717) is 17.9 Å². The van der Waals surface area contributed by atoms with E-state index in [2.05, 4.69) is 21.1 Å². The predicted molar refractivity (Wildman–Crippen MR) is 89.2 cm³/mol. The van der Waals surface area contributed by atoms with Crippen LogP contribution in [0.4, 0.5) is 0 Å². The molecule has 2 aromatic rings. The highest BCUT2D eigenvalue weighted by Crippen LogP contribution is 2.29. The molecule has 0 radical (unpaired) electrons. The van der Waals surface area contributed by atoms with Crippen LogP contribution in [-0.2, 0) is 6.61 Å². The van der Waals surface area contributed by atoms with Gasteiger partial charge in [0.25, 0.3) is 0 Å². The Kier molecular flexibility index (Phi) is 5.52. The summed E-state index contributed by atoms with van der Waals surface area (Å²) in [5.74, 6) is 0.640. The van der Waals surface area contributed by atoms with Crippen LogP contribution in [0.25, 0.3) is 0 Å². The van der Waals surface area contributed by atoms with Gasteiger partial charge in [-0.05, 0) is 36.1 Å². The number of nitrogens with two attached hydrogens (primary N) is 1. The third kappa shape index (κ3) is 3.92. The smallest absolute Gasteiger partial charge is 0.174 e. The van der Waals surface area contributed by atoms with Gasteiger partial charge in [-0.15, -0.1) is 11.8 Å². The Hall–Kier alpha value is -1.66. The summed E-state index contributed by atoms with van der Waals surface area (Å²) < 4.78 is 6.84. The second kappa shape index (κ2) is 7.38. The quantitative estimate of drug-likeness (QED) is 0.277. The van der Waals surface area contributed by atoms with Crippen LogP contribution in [0.15, 0.2) is 57.0 Å². The van der Waals surface area contributed by atoms with Gasteiger partial charge in [0.05, 0.1) is 5.56 Å². The van der Waals surface area contributed by atoms with Crippen molar-refractivity contribution in [3.8, 4) is 5.75 Å². The topological polar surface area (TPSA) is 67.8 Å². The minimum absolute atomic E-state index is 0.0455. The summed E-state index contributed by atoms with van der Waals surface area (Å²) in [7, 11) is 0. The van der Waals surface area contributed by atoms with Gasteiger partial charge in [-0.3, -0.25) is 0 Å². The number of nitrogens with zero attached hydrogens (tertiary/aromatic N) is 1. The molecule has 0 unspecified atom stereocenters. The number of hydrogen-bond donors (Lipinski definition) is 2. The molecule has 0 amide bonds. The fraction of sp³-hybridized carbons (Fsp3) is 0.133. The SMILES string of the molecule is CSc1cccc(OCc2cccc(Br)c2)c1/C(N)=N/O. The molecular weight excluding hydrogens is 352 g/mol. The van der Waals surface area contributed by atoms with Crippen LogP contribution in [0.3, 0.4) is 0 Å². The first kappa shape index (κ1) is 15.7. The number of oxime groups is 1. The number of rotatable bonds is 5. The zero-order valence-electron chi connectivity index (χ0n) is 11.4. The van der Waals surface area contributed by atoms with E-state index in [1.807, 2.05) is 48.7 Å². The minimum atomic E-state index is 0.0455. The first-order valence-corrected chi connectivity index (χ1v) is 8.19. The van der Waals surface area contributed by atoms with E-state index < -0.39 is 0 Å². The summed E-state index contributed by atoms with van der Waals surface area (Å²) in [5.41, 5.74) is 7.41. The average Bonchev–Trinajstić information content (AvgIpc) is 2.51. The maximum absolute atomic E-state index is 8.95. The number of thioether (sulfide) groups is 1. The van der Waals surface area contributed by atoms with Gasteiger partial charge in [-0.1, -0.05) is 39.3 Å².